The highest BCUT2D eigenvalue weighted by Crippen LogP contribution is 2.28. The number of aromatic hydroxyl groups is 2. The van der Waals surface area contributed by atoms with Crippen molar-refractivity contribution in [3.8, 4) is 11.6 Å². The number of anilines is 2. The molecule has 30 heavy (non-hydrogen) atoms. The van der Waals surface area contributed by atoms with Crippen molar-refractivity contribution in [2.75, 3.05) is 11.9 Å². The lowest BCUT2D eigenvalue weighted by atomic mass is 10.3. The fourth-order valence-electron chi connectivity index (χ4n) is 3.14. The molecule has 0 spiro atoms. The molecule has 5 rings (SSSR count). The Hall–Kier alpha value is -4.08. The molecule has 0 atom stereocenters. The molecule has 0 aliphatic heterocycles. The standard InChI is InChI=1S/C20H19N7O3/c28-14-3-1-2-13(7-14)23-16-8-17(21-9-11-4-5-11)27-18(25-16)12(10-22-27)6-15-19(29)26-20(30)24-15/h1-3,6-8,10-11,23,28-29H,4-5,9H2,(H2,24,26,30)/b12-6+,21-17?. The highest BCUT2D eigenvalue weighted by Gasteiger charge is 2.20. The summed E-state index contributed by atoms with van der Waals surface area (Å²) in [6.07, 6.45) is 5.56. The van der Waals surface area contributed by atoms with E-state index in [-0.39, 0.29) is 17.3 Å². The van der Waals surface area contributed by atoms with E-state index in [4.69, 9.17) is 4.99 Å². The third-order valence-electron chi connectivity index (χ3n) is 4.84. The van der Waals surface area contributed by atoms with Crippen LogP contribution in [0.1, 0.15) is 18.5 Å². The van der Waals surface area contributed by atoms with Gasteiger partial charge in [0.15, 0.2) is 11.1 Å². The molecule has 10 nitrogen and oxygen atoms in total. The summed E-state index contributed by atoms with van der Waals surface area (Å²) in [5, 5.41) is 27.8. The number of aromatic nitrogens is 5. The van der Waals surface area contributed by atoms with Gasteiger partial charge in [-0.15, -0.1) is 0 Å². The van der Waals surface area contributed by atoms with Crippen LogP contribution in [0.4, 0.5) is 11.5 Å². The van der Waals surface area contributed by atoms with Crippen LogP contribution in [0, 0.1) is 5.92 Å². The van der Waals surface area contributed by atoms with Gasteiger partial charge in [-0.05, 0) is 37.0 Å². The van der Waals surface area contributed by atoms with Crippen molar-refractivity contribution in [1.82, 2.24) is 24.6 Å². The van der Waals surface area contributed by atoms with E-state index in [1.165, 1.54) is 12.8 Å². The van der Waals surface area contributed by atoms with Crippen LogP contribution in [0.25, 0.3) is 11.7 Å². The van der Waals surface area contributed by atoms with Crippen LogP contribution >= 0.6 is 0 Å². The molecule has 5 N–H and O–H groups in total. The summed E-state index contributed by atoms with van der Waals surface area (Å²) in [4.78, 5) is 25.6. The molecular formula is C20H19N7O3. The fourth-order valence-corrected chi connectivity index (χ4v) is 3.14. The zero-order chi connectivity index (χ0) is 20.7. The minimum absolute atomic E-state index is 0.144. The lowest BCUT2D eigenvalue weighted by Crippen LogP contribution is -2.20. The molecule has 1 aromatic carbocycles. The largest absolute Gasteiger partial charge is 0.508 e. The first-order valence-electron chi connectivity index (χ1n) is 9.53. The molecule has 10 heteroatoms. The van der Waals surface area contributed by atoms with Gasteiger partial charge in [-0.25, -0.2) is 9.78 Å². The number of aromatic amines is 2. The predicted molar refractivity (Wildman–Crippen MR) is 109 cm³/mol. The first-order valence-corrected chi connectivity index (χ1v) is 9.53. The lowest BCUT2D eigenvalue weighted by Gasteiger charge is -2.07. The lowest BCUT2D eigenvalue weighted by molar-refractivity contribution is 0.454. The van der Waals surface area contributed by atoms with Crippen LogP contribution < -0.4 is 21.7 Å². The Morgan fingerprint density at radius 3 is 2.87 bits per heavy atom. The highest BCUT2D eigenvalue weighted by atomic mass is 16.3. The molecule has 1 fully saturated rings. The molecule has 3 aromatic heterocycles. The Balaban J connectivity index is 1.66. The summed E-state index contributed by atoms with van der Waals surface area (Å²) in [5.74, 6) is 1.03. The van der Waals surface area contributed by atoms with Gasteiger partial charge in [-0.1, -0.05) is 6.07 Å². The van der Waals surface area contributed by atoms with Gasteiger partial charge < -0.3 is 20.5 Å². The summed E-state index contributed by atoms with van der Waals surface area (Å²) in [7, 11) is 0. The molecule has 152 valence electrons. The van der Waals surface area contributed by atoms with Gasteiger partial charge in [-0.2, -0.15) is 9.61 Å². The fraction of sp³-hybridized carbons (Fsp3) is 0.200. The van der Waals surface area contributed by atoms with Crippen LogP contribution in [0.3, 0.4) is 0 Å². The SMILES string of the molecule is O=c1[nH]c(O)c(/C=c2\cnn3c(=NCC4CC4)cc(Nc4cccc(O)c4)nc23)[nH]1. The Kier molecular flexibility index (Phi) is 4.24. The van der Waals surface area contributed by atoms with E-state index in [9.17, 15) is 15.0 Å². The third-order valence-corrected chi connectivity index (χ3v) is 4.84. The van der Waals surface area contributed by atoms with Crippen molar-refractivity contribution >= 4 is 23.2 Å². The van der Waals surface area contributed by atoms with Crippen molar-refractivity contribution in [2.45, 2.75) is 12.8 Å². The number of rotatable bonds is 5. The number of nitrogens with zero attached hydrogens (tertiary/aromatic N) is 4. The van der Waals surface area contributed by atoms with Crippen molar-refractivity contribution < 1.29 is 10.2 Å². The number of hydrogen-bond acceptors (Lipinski definition) is 7. The number of imidazole rings is 1. The van der Waals surface area contributed by atoms with Crippen LogP contribution in [0.5, 0.6) is 11.6 Å². The summed E-state index contributed by atoms with van der Waals surface area (Å²) in [6.45, 7) is 0.718. The van der Waals surface area contributed by atoms with Crippen molar-refractivity contribution in [3.63, 3.8) is 0 Å². The Labute approximate surface area is 169 Å². The first-order chi connectivity index (χ1) is 14.5. The Bertz CT molecular complexity index is 1410. The van der Waals surface area contributed by atoms with E-state index in [0.29, 0.717) is 33.8 Å². The number of H-pyrrole nitrogens is 2. The van der Waals surface area contributed by atoms with E-state index in [0.717, 1.165) is 6.54 Å². The van der Waals surface area contributed by atoms with Gasteiger partial charge in [0.2, 0.25) is 5.88 Å². The van der Waals surface area contributed by atoms with Crippen molar-refractivity contribution in [3.05, 3.63) is 63.4 Å². The average Bonchev–Trinajstić information content (AvgIpc) is 3.37. The van der Waals surface area contributed by atoms with E-state index < -0.39 is 5.69 Å². The smallest absolute Gasteiger partial charge is 0.326 e. The topological polar surface area (TPSA) is 144 Å². The van der Waals surface area contributed by atoms with Crippen molar-refractivity contribution in [2.24, 2.45) is 10.9 Å². The molecule has 0 saturated heterocycles. The molecule has 3 heterocycles. The predicted octanol–water partition coefficient (Wildman–Crippen LogP) is 0.759. The second-order valence-electron chi connectivity index (χ2n) is 7.28. The second kappa shape index (κ2) is 7.07. The van der Waals surface area contributed by atoms with E-state index in [1.807, 2.05) is 6.07 Å². The zero-order valence-corrected chi connectivity index (χ0v) is 15.8. The molecule has 0 unspecified atom stereocenters. The van der Waals surface area contributed by atoms with Crippen molar-refractivity contribution in [1.29, 1.82) is 0 Å². The van der Waals surface area contributed by atoms with Crippen LogP contribution in [0.15, 0.2) is 46.3 Å². The van der Waals surface area contributed by atoms with Gasteiger partial charge >= 0.3 is 5.69 Å². The minimum atomic E-state index is -0.505. The monoisotopic (exact) mass is 405 g/mol. The zero-order valence-electron chi connectivity index (χ0n) is 15.8. The number of hydrogen-bond donors (Lipinski definition) is 5. The normalized spacial score (nSPS) is 15.2. The molecule has 1 saturated carbocycles. The Morgan fingerprint density at radius 1 is 1.27 bits per heavy atom. The number of nitrogens with one attached hydrogen (secondary N) is 3. The molecule has 1 aliphatic carbocycles. The van der Waals surface area contributed by atoms with Crippen LogP contribution in [0.2, 0.25) is 0 Å². The quantitative estimate of drug-likeness (QED) is 0.332. The molecule has 0 radical (unpaired) electrons. The maximum atomic E-state index is 11.4. The van der Waals surface area contributed by atoms with Gasteiger partial charge in [0.25, 0.3) is 0 Å². The van der Waals surface area contributed by atoms with E-state index in [2.05, 4.69) is 25.4 Å². The van der Waals surface area contributed by atoms with Gasteiger partial charge in [0, 0.05) is 29.6 Å². The molecule has 1 aliphatic rings. The molecular weight excluding hydrogens is 386 g/mol. The van der Waals surface area contributed by atoms with E-state index in [1.54, 1.807) is 41.1 Å². The minimum Gasteiger partial charge on any atom is -0.508 e. The molecule has 4 aromatic rings. The summed E-state index contributed by atoms with van der Waals surface area (Å²) < 4.78 is 1.63. The maximum Gasteiger partial charge on any atom is 0.326 e. The number of fused-ring (bicyclic) bond motifs is 1. The molecule has 0 bridgehead atoms. The average molecular weight is 405 g/mol. The number of phenolic OH excluding ortho intramolecular Hbond substituents is 1. The van der Waals surface area contributed by atoms with Gasteiger partial charge in [0.05, 0.1) is 6.20 Å². The summed E-state index contributed by atoms with van der Waals surface area (Å²) in [6, 6.07) is 8.54. The first kappa shape index (κ1) is 18.0. The maximum absolute atomic E-state index is 11.4. The summed E-state index contributed by atoms with van der Waals surface area (Å²) in [5.41, 5.74) is 1.56. The molecule has 0 amide bonds. The van der Waals surface area contributed by atoms with E-state index >= 15 is 0 Å². The Morgan fingerprint density at radius 2 is 2.13 bits per heavy atom. The highest BCUT2D eigenvalue weighted by molar-refractivity contribution is 5.62. The van der Waals surface area contributed by atoms with Crippen LogP contribution in [-0.4, -0.2) is 41.3 Å². The third kappa shape index (κ3) is 3.62. The van der Waals surface area contributed by atoms with Crippen LogP contribution in [-0.2, 0) is 0 Å². The van der Waals surface area contributed by atoms with Gasteiger partial charge in [-0.3, -0.25) is 9.98 Å². The number of benzene rings is 1. The summed E-state index contributed by atoms with van der Waals surface area (Å²) >= 11 is 0. The number of phenols is 1. The second-order valence-corrected chi connectivity index (χ2v) is 7.28. The van der Waals surface area contributed by atoms with Gasteiger partial charge in [0.1, 0.15) is 17.3 Å².